The Balaban J connectivity index is 1.94. The van der Waals surface area contributed by atoms with Crippen LogP contribution >= 0.6 is 0 Å². The van der Waals surface area contributed by atoms with Gasteiger partial charge in [-0.15, -0.1) is 0 Å². The molecule has 0 atom stereocenters. The van der Waals surface area contributed by atoms with Crippen LogP contribution in [-0.2, 0) is 10.0 Å². The van der Waals surface area contributed by atoms with E-state index < -0.39 is 21.6 Å². The smallest absolute Gasteiger partial charge is 0.232 e. The van der Waals surface area contributed by atoms with Crippen LogP contribution in [0.25, 0.3) is 11.0 Å². The van der Waals surface area contributed by atoms with Crippen molar-refractivity contribution in [1.29, 1.82) is 0 Å². The fourth-order valence-electron chi connectivity index (χ4n) is 2.80. The summed E-state index contributed by atoms with van der Waals surface area (Å²) in [6.07, 6.45) is 1.83. The number of fused-ring (bicyclic) bond motifs is 1. The minimum Gasteiger partial charge on any atom is -0.475 e. The third-order valence-corrected chi connectivity index (χ3v) is 5.61. The molecule has 158 valence electrons. The van der Waals surface area contributed by atoms with Gasteiger partial charge in [0.1, 0.15) is 6.61 Å². The molecule has 0 aliphatic rings. The topological polar surface area (TPSA) is 124 Å². The molecule has 10 heteroatoms. The Morgan fingerprint density at radius 2 is 2.03 bits per heavy atom. The lowest BCUT2D eigenvalue weighted by Crippen LogP contribution is -2.18. The van der Waals surface area contributed by atoms with E-state index in [1.807, 2.05) is 0 Å². The molecule has 2 aromatic carbocycles. The molecule has 0 bridgehead atoms. The molecular formula is C20H21FN4O4S. The number of halogens is 1. The van der Waals surface area contributed by atoms with Crippen LogP contribution in [0.4, 0.5) is 10.1 Å². The molecule has 1 heterocycles. The van der Waals surface area contributed by atoms with Crippen LogP contribution in [0.1, 0.15) is 29.3 Å². The van der Waals surface area contributed by atoms with E-state index in [-0.39, 0.29) is 35.1 Å². The highest BCUT2D eigenvalue weighted by Gasteiger charge is 2.20. The predicted molar refractivity (Wildman–Crippen MR) is 112 cm³/mol. The number of nitrogens with one attached hydrogen (secondary N) is 1. The maximum Gasteiger partial charge on any atom is 0.232 e. The SMILES string of the molecule is CCCS(=O)(=O)Nc1cccc(C(=O)c2ccc3ncc(OCCN)nc3c2)c1F. The minimum atomic E-state index is -3.70. The number of rotatable bonds is 9. The molecular weight excluding hydrogens is 411 g/mol. The van der Waals surface area contributed by atoms with Crippen molar-refractivity contribution in [3.63, 3.8) is 0 Å². The number of nitrogens with two attached hydrogens (primary N) is 1. The van der Waals surface area contributed by atoms with Gasteiger partial charge >= 0.3 is 0 Å². The predicted octanol–water partition coefficient (Wildman–Crippen LogP) is 2.49. The van der Waals surface area contributed by atoms with Crippen LogP contribution in [0.5, 0.6) is 5.88 Å². The third kappa shape index (κ3) is 4.89. The first-order chi connectivity index (χ1) is 14.3. The summed E-state index contributed by atoms with van der Waals surface area (Å²) < 4.78 is 46.3. The molecule has 0 spiro atoms. The monoisotopic (exact) mass is 432 g/mol. The zero-order valence-corrected chi connectivity index (χ0v) is 17.1. The molecule has 1 aromatic heterocycles. The number of hydrogen-bond acceptors (Lipinski definition) is 7. The molecule has 0 unspecified atom stereocenters. The number of hydrogen-bond donors (Lipinski definition) is 2. The number of ether oxygens (including phenoxy) is 1. The van der Waals surface area contributed by atoms with E-state index in [4.69, 9.17) is 10.5 Å². The van der Waals surface area contributed by atoms with Gasteiger partial charge in [0.05, 0.1) is 34.2 Å². The van der Waals surface area contributed by atoms with E-state index in [1.54, 1.807) is 13.0 Å². The van der Waals surface area contributed by atoms with Gasteiger partial charge in [0.25, 0.3) is 0 Å². The van der Waals surface area contributed by atoms with Crippen molar-refractivity contribution in [2.24, 2.45) is 5.73 Å². The standard InChI is InChI=1S/C20H21FN4O4S/c1-2-10-30(27,28)25-16-5-3-4-14(19(16)21)20(26)13-6-7-15-17(11-13)24-18(12-23-15)29-9-8-22/h3-7,11-12,25H,2,8-10,22H2,1H3. The van der Waals surface area contributed by atoms with Gasteiger partial charge in [-0.25, -0.2) is 22.8 Å². The van der Waals surface area contributed by atoms with Gasteiger partial charge in [0.15, 0.2) is 11.6 Å². The maximum absolute atomic E-state index is 14.9. The van der Waals surface area contributed by atoms with E-state index in [9.17, 15) is 17.6 Å². The normalized spacial score (nSPS) is 11.4. The summed E-state index contributed by atoms with van der Waals surface area (Å²) in [5.74, 6) is -1.44. The summed E-state index contributed by atoms with van der Waals surface area (Å²) in [5, 5.41) is 0. The van der Waals surface area contributed by atoms with E-state index in [1.165, 1.54) is 36.5 Å². The lowest BCUT2D eigenvalue weighted by Gasteiger charge is -2.11. The summed E-state index contributed by atoms with van der Waals surface area (Å²) in [6, 6.07) is 8.56. The van der Waals surface area contributed by atoms with E-state index in [2.05, 4.69) is 14.7 Å². The number of benzene rings is 2. The van der Waals surface area contributed by atoms with Crippen molar-refractivity contribution in [2.75, 3.05) is 23.6 Å². The van der Waals surface area contributed by atoms with Gasteiger partial charge in [-0.05, 0) is 36.8 Å². The summed E-state index contributed by atoms with van der Waals surface area (Å²) in [7, 11) is -3.70. The Hall–Kier alpha value is -3.11. The van der Waals surface area contributed by atoms with Gasteiger partial charge in [-0.1, -0.05) is 13.0 Å². The van der Waals surface area contributed by atoms with Crippen molar-refractivity contribution < 1.29 is 22.3 Å². The van der Waals surface area contributed by atoms with E-state index in [0.29, 0.717) is 24.0 Å². The van der Waals surface area contributed by atoms with E-state index in [0.717, 1.165) is 0 Å². The molecule has 3 N–H and O–H groups in total. The molecule has 3 aromatic rings. The summed E-state index contributed by atoms with van der Waals surface area (Å²) in [4.78, 5) is 21.4. The molecule has 0 radical (unpaired) electrons. The number of sulfonamides is 1. The Morgan fingerprint density at radius 1 is 1.23 bits per heavy atom. The second-order valence-electron chi connectivity index (χ2n) is 6.47. The zero-order valence-electron chi connectivity index (χ0n) is 16.3. The molecule has 0 aliphatic carbocycles. The average Bonchev–Trinajstić information content (AvgIpc) is 2.72. The van der Waals surface area contributed by atoms with Crippen LogP contribution in [0.2, 0.25) is 0 Å². The fourth-order valence-corrected chi connectivity index (χ4v) is 3.93. The average molecular weight is 432 g/mol. The molecule has 0 saturated heterocycles. The lowest BCUT2D eigenvalue weighted by molar-refractivity contribution is 0.103. The van der Waals surface area contributed by atoms with E-state index >= 15 is 0 Å². The third-order valence-electron chi connectivity index (χ3n) is 4.13. The lowest BCUT2D eigenvalue weighted by atomic mass is 10.0. The first kappa shape index (κ1) is 21.6. The summed E-state index contributed by atoms with van der Waals surface area (Å²) in [6.45, 7) is 2.28. The van der Waals surface area contributed by atoms with Crippen molar-refractivity contribution in [1.82, 2.24) is 9.97 Å². The summed E-state index contributed by atoms with van der Waals surface area (Å²) in [5.41, 5.74) is 5.99. The molecule has 0 fully saturated rings. The zero-order chi connectivity index (χ0) is 21.7. The molecule has 0 saturated carbocycles. The molecule has 3 rings (SSSR count). The number of ketones is 1. The number of nitrogens with zero attached hydrogens (tertiary/aromatic N) is 2. The largest absolute Gasteiger partial charge is 0.475 e. The molecule has 8 nitrogen and oxygen atoms in total. The van der Waals surface area contributed by atoms with Crippen LogP contribution in [0, 0.1) is 5.82 Å². The van der Waals surface area contributed by atoms with Crippen molar-refractivity contribution in [3.05, 3.63) is 59.5 Å². The maximum atomic E-state index is 14.9. The first-order valence-corrected chi connectivity index (χ1v) is 10.9. The number of anilines is 1. The Labute approximate surface area is 173 Å². The second-order valence-corrected chi connectivity index (χ2v) is 8.31. The number of aromatic nitrogens is 2. The minimum absolute atomic E-state index is 0.150. The highest BCUT2D eigenvalue weighted by molar-refractivity contribution is 7.92. The Kier molecular flexibility index (Phi) is 6.58. The fraction of sp³-hybridized carbons (Fsp3) is 0.250. The molecule has 0 aliphatic heterocycles. The van der Waals surface area contributed by atoms with Crippen LogP contribution in [0.3, 0.4) is 0 Å². The van der Waals surface area contributed by atoms with Crippen molar-refractivity contribution in [2.45, 2.75) is 13.3 Å². The quantitative estimate of drug-likeness (QED) is 0.498. The highest BCUT2D eigenvalue weighted by Crippen LogP contribution is 2.24. The van der Waals surface area contributed by atoms with Gasteiger partial charge in [-0.2, -0.15) is 0 Å². The first-order valence-electron chi connectivity index (χ1n) is 9.28. The van der Waals surface area contributed by atoms with Gasteiger partial charge < -0.3 is 10.5 Å². The second kappa shape index (κ2) is 9.14. The van der Waals surface area contributed by atoms with Gasteiger partial charge in [0, 0.05) is 12.1 Å². The van der Waals surface area contributed by atoms with Crippen LogP contribution in [0.15, 0.2) is 42.6 Å². The highest BCUT2D eigenvalue weighted by atomic mass is 32.2. The van der Waals surface area contributed by atoms with Crippen LogP contribution < -0.4 is 15.2 Å². The summed E-state index contributed by atoms with van der Waals surface area (Å²) >= 11 is 0. The Morgan fingerprint density at radius 3 is 2.77 bits per heavy atom. The van der Waals surface area contributed by atoms with Crippen LogP contribution in [-0.4, -0.2) is 43.1 Å². The molecule has 30 heavy (non-hydrogen) atoms. The number of carbonyl (C=O) groups excluding carboxylic acids is 1. The Bertz CT molecular complexity index is 1180. The molecule has 0 amide bonds. The van der Waals surface area contributed by atoms with Gasteiger partial charge in [0.2, 0.25) is 15.9 Å². The van der Waals surface area contributed by atoms with Gasteiger partial charge in [-0.3, -0.25) is 9.52 Å². The van der Waals surface area contributed by atoms with Crippen molar-refractivity contribution in [3.8, 4) is 5.88 Å². The number of carbonyl (C=O) groups is 1. The van der Waals surface area contributed by atoms with Crippen molar-refractivity contribution >= 4 is 32.5 Å².